The maximum atomic E-state index is 5.94. The minimum absolute atomic E-state index is 0.124. The van der Waals surface area contributed by atoms with E-state index in [2.05, 4.69) is 37.1 Å². The van der Waals surface area contributed by atoms with Gasteiger partial charge in [-0.3, -0.25) is 0 Å². The van der Waals surface area contributed by atoms with E-state index in [1.54, 1.807) is 0 Å². The summed E-state index contributed by atoms with van der Waals surface area (Å²) in [4.78, 5) is 0. The first-order valence-electron chi connectivity index (χ1n) is 10.8. The number of hydrogen-bond donors (Lipinski definition) is 0. The highest BCUT2D eigenvalue weighted by Crippen LogP contribution is 2.26. The van der Waals surface area contributed by atoms with Crippen molar-refractivity contribution in [2.24, 2.45) is 0 Å². The highest BCUT2D eigenvalue weighted by atomic mass is 16.5. The first-order chi connectivity index (χ1) is 14.8. The van der Waals surface area contributed by atoms with Crippen LogP contribution in [0.2, 0.25) is 0 Å². The predicted molar refractivity (Wildman–Crippen MR) is 124 cm³/mol. The van der Waals surface area contributed by atoms with Gasteiger partial charge in [-0.25, -0.2) is 0 Å². The Kier molecular flexibility index (Phi) is 8.42. The molecule has 0 heterocycles. The van der Waals surface area contributed by atoms with Gasteiger partial charge in [0, 0.05) is 5.92 Å². The second-order valence-corrected chi connectivity index (χ2v) is 7.45. The Morgan fingerprint density at radius 3 is 2.33 bits per heavy atom. The maximum absolute atomic E-state index is 5.94. The van der Waals surface area contributed by atoms with Gasteiger partial charge in [0.25, 0.3) is 0 Å². The molecule has 0 aliphatic rings. The Bertz CT molecular complexity index is 923. The van der Waals surface area contributed by atoms with E-state index in [4.69, 9.17) is 15.9 Å². The van der Waals surface area contributed by atoms with Crippen LogP contribution in [-0.2, 0) is 6.42 Å². The SMILES string of the molecule is C#CC(CCCc1cccc(Oc2ccccc2)c1)c1ccc(OCCCC)cc1. The lowest BCUT2D eigenvalue weighted by molar-refractivity contribution is 0.309. The van der Waals surface area contributed by atoms with Gasteiger partial charge < -0.3 is 9.47 Å². The molecule has 3 aromatic rings. The average Bonchev–Trinajstić information content (AvgIpc) is 2.79. The second kappa shape index (κ2) is 11.7. The highest BCUT2D eigenvalue weighted by molar-refractivity contribution is 5.35. The van der Waals surface area contributed by atoms with Gasteiger partial charge in [-0.05, 0) is 73.2 Å². The molecule has 2 heteroatoms. The van der Waals surface area contributed by atoms with Crippen LogP contribution in [0.3, 0.4) is 0 Å². The molecule has 3 aromatic carbocycles. The molecule has 0 fully saturated rings. The van der Waals surface area contributed by atoms with E-state index >= 15 is 0 Å². The quantitative estimate of drug-likeness (QED) is 0.247. The molecule has 1 unspecified atom stereocenters. The van der Waals surface area contributed by atoms with Crippen LogP contribution in [0.1, 0.15) is 49.7 Å². The zero-order valence-electron chi connectivity index (χ0n) is 17.7. The van der Waals surface area contributed by atoms with Crippen molar-refractivity contribution in [3.8, 4) is 29.6 Å². The third-order valence-corrected chi connectivity index (χ3v) is 5.09. The van der Waals surface area contributed by atoms with E-state index in [0.29, 0.717) is 0 Å². The number of rotatable bonds is 11. The first-order valence-corrected chi connectivity index (χ1v) is 10.8. The lowest BCUT2D eigenvalue weighted by Gasteiger charge is -2.13. The van der Waals surface area contributed by atoms with E-state index in [9.17, 15) is 0 Å². The molecule has 1 atom stereocenters. The monoisotopic (exact) mass is 398 g/mol. The van der Waals surface area contributed by atoms with E-state index in [1.165, 1.54) is 11.1 Å². The van der Waals surface area contributed by atoms with Crippen LogP contribution in [0.25, 0.3) is 0 Å². The van der Waals surface area contributed by atoms with E-state index < -0.39 is 0 Å². The summed E-state index contributed by atoms with van der Waals surface area (Å²) < 4.78 is 11.7. The molecule has 0 saturated heterocycles. The third kappa shape index (κ3) is 6.71. The molecule has 30 heavy (non-hydrogen) atoms. The number of unbranched alkanes of at least 4 members (excludes halogenated alkanes) is 1. The van der Waals surface area contributed by atoms with Gasteiger partial charge in [-0.2, -0.15) is 0 Å². The number of ether oxygens (including phenoxy) is 2. The van der Waals surface area contributed by atoms with Crippen LogP contribution >= 0.6 is 0 Å². The Morgan fingerprint density at radius 2 is 1.60 bits per heavy atom. The molecule has 0 bridgehead atoms. The molecule has 0 amide bonds. The summed E-state index contributed by atoms with van der Waals surface area (Å²) in [6, 6.07) is 26.4. The molecule has 0 aliphatic carbocycles. The first kappa shape index (κ1) is 21.5. The van der Waals surface area contributed by atoms with Crippen molar-refractivity contribution in [1.29, 1.82) is 0 Å². The van der Waals surface area contributed by atoms with Crippen LogP contribution in [0.15, 0.2) is 78.9 Å². The molecule has 0 aromatic heterocycles. The van der Waals surface area contributed by atoms with Gasteiger partial charge >= 0.3 is 0 Å². The lowest BCUT2D eigenvalue weighted by Crippen LogP contribution is -1.99. The minimum Gasteiger partial charge on any atom is -0.494 e. The van der Waals surface area contributed by atoms with Gasteiger partial charge in [-0.15, -0.1) is 6.42 Å². The van der Waals surface area contributed by atoms with Gasteiger partial charge in [0.05, 0.1) is 6.61 Å². The van der Waals surface area contributed by atoms with Crippen LogP contribution < -0.4 is 9.47 Å². The summed E-state index contributed by atoms with van der Waals surface area (Å²) in [5, 5.41) is 0. The molecule has 0 radical (unpaired) electrons. The van der Waals surface area contributed by atoms with Crippen molar-refractivity contribution in [3.05, 3.63) is 90.0 Å². The molecule has 2 nitrogen and oxygen atoms in total. The third-order valence-electron chi connectivity index (χ3n) is 5.09. The number of aryl methyl sites for hydroxylation is 1. The number of para-hydroxylation sites is 1. The van der Waals surface area contributed by atoms with E-state index in [1.807, 2.05) is 54.6 Å². The fourth-order valence-corrected chi connectivity index (χ4v) is 3.38. The van der Waals surface area contributed by atoms with Crippen molar-refractivity contribution < 1.29 is 9.47 Å². The number of terminal acetylenes is 1. The van der Waals surface area contributed by atoms with Crippen LogP contribution in [-0.4, -0.2) is 6.61 Å². The number of benzene rings is 3. The van der Waals surface area contributed by atoms with Crippen molar-refractivity contribution in [3.63, 3.8) is 0 Å². The van der Waals surface area contributed by atoms with Gasteiger partial charge in [-0.1, -0.05) is 61.7 Å². The number of hydrogen-bond acceptors (Lipinski definition) is 2. The van der Waals surface area contributed by atoms with Crippen molar-refractivity contribution in [1.82, 2.24) is 0 Å². The Balaban J connectivity index is 1.51. The van der Waals surface area contributed by atoms with Gasteiger partial charge in [0.2, 0.25) is 0 Å². The zero-order valence-corrected chi connectivity index (χ0v) is 17.7. The normalized spacial score (nSPS) is 11.5. The maximum Gasteiger partial charge on any atom is 0.127 e. The summed E-state index contributed by atoms with van der Waals surface area (Å²) in [5.41, 5.74) is 2.44. The van der Waals surface area contributed by atoms with Crippen molar-refractivity contribution in [2.45, 2.75) is 44.9 Å². The van der Waals surface area contributed by atoms with E-state index in [0.717, 1.165) is 56.0 Å². The lowest BCUT2D eigenvalue weighted by atomic mass is 9.93. The minimum atomic E-state index is 0.124. The summed E-state index contributed by atoms with van der Waals surface area (Å²) in [6.07, 6.45) is 11.0. The Morgan fingerprint density at radius 1 is 0.833 bits per heavy atom. The van der Waals surface area contributed by atoms with Crippen molar-refractivity contribution >= 4 is 0 Å². The predicted octanol–water partition coefficient (Wildman–Crippen LogP) is 7.40. The topological polar surface area (TPSA) is 18.5 Å². The summed E-state index contributed by atoms with van der Waals surface area (Å²) in [5.74, 6) is 5.71. The van der Waals surface area contributed by atoms with Crippen LogP contribution in [0.4, 0.5) is 0 Å². The largest absolute Gasteiger partial charge is 0.494 e. The Hall–Kier alpha value is -3.18. The molecule has 0 saturated carbocycles. The molecular formula is C28H30O2. The fourth-order valence-electron chi connectivity index (χ4n) is 3.38. The summed E-state index contributed by atoms with van der Waals surface area (Å²) in [6.45, 7) is 2.93. The summed E-state index contributed by atoms with van der Waals surface area (Å²) in [7, 11) is 0. The zero-order chi connectivity index (χ0) is 21.0. The molecule has 3 rings (SSSR count). The second-order valence-electron chi connectivity index (χ2n) is 7.45. The van der Waals surface area contributed by atoms with Gasteiger partial charge in [0.15, 0.2) is 0 Å². The molecule has 0 spiro atoms. The molecule has 0 aliphatic heterocycles. The highest BCUT2D eigenvalue weighted by Gasteiger charge is 2.09. The molecule has 0 N–H and O–H groups in total. The fraction of sp³-hybridized carbons (Fsp3) is 0.286. The van der Waals surface area contributed by atoms with E-state index in [-0.39, 0.29) is 5.92 Å². The standard InChI is InChI=1S/C28H30O2/c1-3-5-21-29-26-19-17-25(18-20-26)24(4-2)13-9-11-23-12-10-16-28(22-23)30-27-14-7-6-8-15-27/h2,6-8,10,12,14-20,22,24H,3,5,9,11,13,21H2,1H3. The average molecular weight is 399 g/mol. The van der Waals surface area contributed by atoms with Crippen molar-refractivity contribution in [2.75, 3.05) is 6.61 Å². The summed E-state index contributed by atoms with van der Waals surface area (Å²) >= 11 is 0. The molecular weight excluding hydrogens is 368 g/mol. The smallest absolute Gasteiger partial charge is 0.127 e. The Labute approximate surface area is 180 Å². The van der Waals surface area contributed by atoms with Crippen LogP contribution in [0.5, 0.6) is 17.2 Å². The van der Waals surface area contributed by atoms with Gasteiger partial charge in [0.1, 0.15) is 17.2 Å². The van der Waals surface area contributed by atoms with Crippen LogP contribution in [0, 0.1) is 12.3 Å². The molecule has 154 valence electrons.